The van der Waals surface area contributed by atoms with Crippen molar-refractivity contribution in [2.45, 2.75) is 6.04 Å². The standard InChI is InChI=1S/C15H18ClNO3S/c1-17-14(15-11(18-2)5-6-21-15)9-7-12(19-3)13(20-4)8-10(9)16/h5-8,14,17H,1-4H3. The van der Waals surface area contributed by atoms with Gasteiger partial charge in [-0.05, 0) is 30.1 Å². The van der Waals surface area contributed by atoms with Crippen LogP contribution in [-0.4, -0.2) is 28.4 Å². The average Bonchev–Trinajstić information content (AvgIpc) is 2.97. The summed E-state index contributed by atoms with van der Waals surface area (Å²) in [7, 11) is 6.74. The molecule has 0 radical (unpaired) electrons. The van der Waals surface area contributed by atoms with Gasteiger partial charge in [-0.3, -0.25) is 0 Å². The summed E-state index contributed by atoms with van der Waals surface area (Å²) in [5.41, 5.74) is 0.914. The number of rotatable bonds is 6. The molecule has 0 fully saturated rings. The van der Waals surface area contributed by atoms with Gasteiger partial charge in [0, 0.05) is 11.1 Å². The third-order valence-corrected chi connectivity index (χ3v) is 4.53. The molecule has 0 aliphatic rings. The van der Waals surface area contributed by atoms with E-state index >= 15 is 0 Å². The second-order valence-electron chi connectivity index (χ2n) is 4.30. The Balaban J connectivity index is 2.52. The first-order valence-corrected chi connectivity index (χ1v) is 7.62. The quantitative estimate of drug-likeness (QED) is 0.877. The van der Waals surface area contributed by atoms with Crippen LogP contribution >= 0.6 is 22.9 Å². The highest BCUT2D eigenvalue weighted by Crippen LogP contribution is 2.41. The van der Waals surface area contributed by atoms with Gasteiger partial charge in [0.15, 0.2) is 11.5 Å². The lowest BCUT2D eigenvalue weighted by molar-refractivity contribution is 0.354. The van der Waals surface area contributed by atoms with Gasteiger partial charge in [-0.1, -0.05) is 11.6 Å². The van der Waals surface area contributed by atoms with Gasteiger partial charge in [0.1, 0.15) is 5.75 Å². The average molecular weight is 328 g/mol. The predicted octanol–water partition coefficient (Wildman–Crippen LogP) is 3.74. The SMILES string of the molecule is CNC(c1cc(OC)c(OC)cc1Cl)c1sccc1OC. The molecule has 0 saturated carbocycles. The summed E-state index contributed by atoms with van der Waals surface area (Å²) >= 11 is 8.03. The van der Waals surface area contributed by atoms with E-state index in [1.165, 1.54) is 0 Å². The molecule has 0 saturated heterocycles. The number of thiophene rings is 1. The van der Waals surface area contributed by atoms with Crippen molar-refractivity contribution in [3.05, 3.63) is 39.0 Å². The normalized spacial score (nSPS) is 12.0. The molecule has 1 N–H and O–H groups in total. The maximum atomic E-state index is 6.41. The van der Waals surface area contributed by atoms with Crippen LogP contribution < -0.4 is 19.5 Å². The van der Waals surface area contributed by atoms with Gasteiger partial charge in [-0.2, -0.15) is 0 Å². The Kier molecular flexibility index (Phi) is 5.33. The molecule has 21 heavy (non-hydrogen) atoms. The number of hydrogen-bond donors (Lipinski definition) is 1. The molecule has 2 aromatic rings. The third-order valence-electron chi connectivity index (χ3n) is 3.24. The molecule has 0 aliphatic carbocycles. The second-order valence-corrected chi connectivity index (χ2v) is 5.66. The van der Waals surface area contributed by atoms with E-state index in [1.54, 1.807) is 38.7 Å². The molecule has 0 aliphatic heterocycles. The Bertz CT molecular complexity index is 615. The van der Waals surface area contributed by atoms with E-state index in [9.17, 15) is 0 Å². The molecule has 1 aromatic heterocycles. The summed E-state index contributed by atoms with van der Waals surface area (Å²) < 4.78 is 16.0. The number of hydrogen-bond acceptors (Lipinski definition) is 5. The number of nitrogens with one attached hydrogen (secondary N) is 1. The minimum Gasteiger partial charge on any atom is -0.496 e. The molecule has 0 bridgehead atoms. The molecule has 1 atom stereocenters. The van der Waals surface area contributed by atoms with Crippen molar-refractivity contribution >= 4 is 22.9 Å². The molecule has 114 valence electrons. The van der Waals surface area contributed by atoms with Crippen molar-refractivity contribution in [2.75, 3.05) is 28.4 Å². The van der Waals surface area contributed by atoms with E-state index in [2.05, 4.69) is 5.32 Å². The predicted molar refractivity (Wildman–Crippen MR) is 86.3 cm³/mol. The Hall–Kier alpha value is -1.43. The zero-order valence-electron chi connectivity index (χ0n) is 12.4. The van der Waals surface area contributed by atoms with E-state index in [-0.39, 0.29) is 6.04 Å². The Labute approximate surface area is 133 Å². The summed E-state index contributed by atoms with van der Waals surface area (Å²) in [5.74, 6) is 2.09. The van der Waals surface area contributed by atoms with Crippen molar-refractivity contribution in [1.82, 2.24) is 5.32 Å². The molecule has 0 spiro atoms. The van der Waals surface area contributed by atoms with Crippen LogP contribution in [0.3, 0.4) is 0 Å². The summed E-state index contributed by atoms with van der Waals surface area (Å²) in [6.07, 6.45) is 0. The summed E-state index contributed by atoms with van der Waals surface area (Å²) in [5, 5.41) is 5.88. The molecule has 1 heterocycles. The van der Waals surface area contributed by atoms with Crippen LogP contribution in [0.1, 0.15) is 16.5 Å². The van der Waals surface area contributed by atoms with Crippen LogP contribution in [0.25, 0.3) is 0 Å². The minimum atomic E-state index is -0.0766. The molecule has 1 aromatic carbocycles. The minimum absolute atomic E-state index is 0.0766. The Morgan fingerprint density at radius 3 is 2.24 bits per heavy atom. The van der Waals surface area contributed by atoms with E-state index < -0.39 is 0 Å². The number of ether oxygens (including phenoxy) is 3. The number of halogens is 1. The van der Waals surface area contributed by atoms with Gasteiger partial charge in [0.25, 0.3) is 0 Å². The van der Waals surface area contributed by atoms with Crippen LogP contribution in [0.15, 0.2) is 23.6 Å². The molecular formula is C15H18ClNO3S. The van der Waals surface area contributed by atoms with Crippen LogP contribution in [0, 0.1) is 0 Å². The smallest absolute Gasteiger partial charge is 0.162 e. The Morgan fingerprint density at radius 1 is 1.05 bits per heavy atom. The van der Waals surface area contributed by atoms with Crippen molar-refractivity contribution in [3.63, 3.8) is 0 Å². The van der Waals surface area contributed by atoms with Gasteiger partial charge in [0.05, 0.1) is 32.2 Å². The zero-order valence-corrected chi connectivity index (χ0v) is 14.0. The fraction of sp³-hybridized carbons (Fsp3) is 0.333. The highest BCUT2D eigenvalue weighted by atomic mass is 35.5. The lowest BCUT2D eigenvalue weighted by Gasteiger charge is -2.20. The lowest BCUT2D eigenvalue weighted by atomic mass is 10.0. The summed E-state index contributed by atoms with van der Waals surface area (Å²) in [6.45, 7) is 0. The molecule has 0 amide bonds. The summed E-state index contributed by atoms with van der Waals surface area (Å²) in [4.78, 5) is 1.06. The van der Waals surface area contributed by atoms with Gasteiger partial charge in [-0.25, -0.2) is 0 Å². The van der Waals surface area contributed by atoms with Gasteiger partial charge < -0.3 is 19.5 Å². The lowest BCUT2D eigenvalue weighted by Crippen LogP contribution is -2.17. The fourth-order valence-corrected chi connectivity index (χ4v) is 3.46. The molecule has 2 rings (SSSR count). The van der Waals surface area contributed by atoms with Crippen molar-refractivity contribution in [2.24, 2.45) is 0 Å². The van der Waals surface area contributed by atoms with Crippen molar-refractivity contribution in [3.8, 4) is 17.2 Å². The Morgan fingerprint density at radius 2 is 1.67 bits per heavy atom. The topological polar surface area (TPSA) is 39.7 Å². The van der Waals surface area contributed by atoms with Crippen LogP contribution in [0.5, 0.6) is 17.2 Å². The maximum Gasteiger partial charge on any atom is 0.162 e. The van der Waals surface area contributed by atoms with Gasteiger partial charge >= 0.3 is 0 Å². The largest absolute Gasteiger partial charge is 0.496 e. The monoisotopic (exact) mass is 327 g/mol. The van der Waals surface area contributed by atoms with Crippen LogP contribution in [0.2, 0.25) is 5.02 Å². The first kappa shape index (κ1) is 15.9. The van der Waals surface area contributed by atoms with Crippen molar-refractivity contribution < 1.29 is 14.2 Å². The highest BCUT2D eigenvalue weighted by molar-refractivity contribution is 7.10. The van der Waals surface area contributed by atoms with Crippen LogP contribution in [0.4, 0.5) is 0 Å². The highest BCUT2D eigenvalue weighted by Gasteiger charge is 2.22. The van der Waals surface area contributed by atoms with E-state index in [0.717, 1.165) is 16.2 Å². The van der Waals surface area contributed by atoms with E-state index in [4.69, 9.17) is 25.8 Å². The van der Waals surface area contributed by atoms with E-state index in [1.807, 2.05) is 24.6 Å². The van der Waals surface area contributed by atoms with E-state index in [0.29, 0.717) is 16.5 Å². The zero-order chi connectivity index (χ0) is 15.4. The third kappa shape index (κ3) is 3.10. The first-order valence-electron chi connectivity index (χ1n) is 6.36. The number of methoxy groups -OCH3 is 3. The molecular weight excluding hydrogens is 310 g/mol. The second kappa shape index (κ2) is 7.02. The fourth-order valence-electron chi connectivity index (χ4n) is 2.21. The molecule has 4 nitrogen and oxygen atoms in total. The van der Waals surface area contributed by atoms with Gasteiger partial charge in [-0.15, -0.1) is 11.3 Å². The maximum absolute atomic E-state index is 6.41. The molecule has 6 heteroatoms. The van der Waals surface area contributed by atoms with Crippen molar-refractivity contribution in [1.29, 1.82) is 0 Å². The number of benzene rings is 1. The molecule has 1 unspecified atom stereocenters. The first-order chi connectivity index (χ1) is 10.2. The van der Waals surface area contributed by atoms with Gasteiger partial charge in [0.2, 0.25) is 0 Å². The summed E-state index contributed by atoms with van der Waals surface area (Å²) in [6, 6.07) is 5.52. The van der Waals surface area contributed by atoms with Crippen LogP contribution in [-0.2, 0) is 0 Å².